The molecular formula is C18H28F3OSi. The molecule has 23 heavy (non-hydrogen) atoms. The largest absolute Gasteiger partial charge is 0.573 e. The predicted molar refractivity (Wildman–Crippen MR) is 91.8 cm³/mol. The number of ether oxygens (including phenoxy) is 1. The SMILES string of the molecule is CCCCCCCCCC[Si](C)c1ccc(OC(F)(F)F)cc1. The molecule has 0 fully saturated rings. The second-order valence-corrected chi connectivity index (χ2v) is 8.72. The molecule has 0 heterocycles. The lowest BCUT2D eigenvalue weighted by Gasteiger charge is -2.12. The van der Waals surface area contributed by atoms with Crippen molar-refractivity contribution >= 4 is 14.0 Å². The molecular weight excluding hydrogens is 317 g/mol. The summed E-state index contributed by atoms with van der Waals surface area (Å²) in [6, 6.07) is 7.58. The van der Waals surface area contributed by atoms with Crippen molar-refractivity contribution in [3.63, 3.8) is 0 Å². The zero-order chi connectivity index (χ0) is 17.1. The Balaban J connectivity index is 2.20. The smallest absolute Gasteiger partial charge is 0.406 e. The molecule has 0 spiro atoms. The zero-order valence-corrected chi connectivity index (χ0v) is 15.2. The Labute approximate surface area is 139 Å². The fraction of sp³-hybridized carbons (Fsp3) is 0.667. The topological polar surface area (TPSA) is 9.23 Å². The van der Waals surface area contributed by atoms with Crippen LogP contribution in [0.3, 0.4) is 0 Å². The summed E-state index contributed by atoms with van der Waals surface area (Å²) in [5.74, 6) is -0.136. The van der Waals surface area contributed by atoms with E-state index in [2.05, 4.69) is 18.2 Å². The van der Waals surface area contributed by atoms with Crippen molar-refractivity contribution in [1.82, 2.24) is 0 Å². The van der Waals surface area contributed by atoms with Crippen LogP contribution < -0.4 is 9.92 Å². The summed E-state index contributed by atoms with van der Waals surface area (Å²) in [5, 5.41) is 1.17. The summed E-state index contributed by atoms with van der Waals surface area (Å²) < 4.78 is 40.3. The van der Waals surface area contributed by atoms with Gasteiger partial charge >= 0.3 is 6.36 Å². The van der Waals surface area contributed by atoms with E-state index in [9.17, 15) is 13.2 Å². The third-order valence-electron chi connectivity index (χ3n) is 3.99. The molecule has 0 aliphatic carbocycles. The van der Waals surface area contributed by atoms with E-state index < -0.39 is 15.2 Å². The van der Waals surface area contributed by atoms with E-state index in [0.29, 0.717) is 0 Å². The fourth-order valence-electron chi connectivity index (χ4n) is 2.61. The summed E-state index contributed by atoms with van der Waals surface area (Å²) in [7, 11) is -0.665. The minimum Gasteiger partial charge on any atom is -0.406 e. The molecule has 1 rings (SSSR count). The van der Waals surface area contributed by atoms with E-state index >= 15 is 0 Å². The van der Waals surface area contributed by atoms with E-state index in [4.69, 9.17) is 0 Å². The number of unbranched alkanes of at least 4 members (excludes halogenated alkanes) is 7. The molecule has 0 N–H and O–H groups in total. The minimum atomic E-state index is -4.61. The van der Waals surface area contributed by atoms with Crippen molar-refractivity contribution in [2.45, 2.75) is 77.2 Å². The van der Waals surface area contributed by atoms with Crippen LogP contribution in [-0.4, -0.2) is 15.2 Å². The van der Waals surface area contributed by atoms with Gasteiger partial charge in [0.05, 0.1) is 8.80 Å². The highest BCUT2D eigenvalue weighted by Crippen LogP contribution is 2.21. The normalized spacial score (nSPS) is 11.9. The molecule has 0 atom stereocenters. The summed E-state index contributed by atoms with van der Waals surface area (Å²) in [6.07, 6.45) is 5.84. The van der Waals surface area contributed by atoms with Crippen LogP contribution in [0.15, 0.2) is 24.3 Å². The molecule has 0 saturated heterocycles. The van der Waals surface area contributed by atoms with Crippen LogP contribution in [-0.2, 0) is 0 Å². The van der Waals surface area contributed by atoms with Gasteiger partial charge in [0.2, 0.25) is 0 Å². The van der Waals surface area contributed by atoms with Gasteiger partial charge in [-0.1, -0.05) is 88.2 Å². The third-order valence-corrected chi connectivity index (χ3v) is 6.41. The Morgan fingerprint density at radius 1 is 0.870 bits per heavy atom. The fourth-order valence-corrected chi connectivity index (χ4v) is 4.41. The van der Waals surface area contributed by atoms with Gasteiger partial charge in [-0.25, -0.2) is 0 Å². The molecule has 0 saturated carbocycles. The predicted octanol–water partition coefficient (Wildman–Crippen LogP) is 6.06. The molecule has 131 valence electrons. The molecule has 0 aliphatic heterocycles. The van der Waals surface area contributed by atoms with Gasteiger partial charge in [0, 0.05) is 0 Å². The number of alkyl halides is 3. The van der Waals surface area contributed by atoms with Gasteiger partial charge in [0.25, 0.3) is 0 Å². The molecule has 5 heteroatoms. The maximum Gasteiger partial charge on any atom is 0.573 e. The number of hydrogen-bond acceptors (Lipinski definition) is 1. The highest BCUT2D eigenvalue weighted by Gasteiger charge is 2.31. The van der Waals surface area contributed by atoms with Crippen molar-refractivity contribution in [2.24, 2.45) is 0 Å². The van der Waals surface area contributed by atoms with Crippen molar-refractivity contribution in [3.05, 3.63) is 24.3 Å². The molecule has 0 aromatic heterocycles. The maximum absolute atomic E-state index is 12.1. The molecule has 0 aliphatic rings. The molecule has 1 aromatic rings. The minimum absolute atomic E-state index is 0.136. The maximum atomic E-state index is 12.1. The summed E-state index contributed by atoms with van der Waals surface area (Å²) >= 11 is 0. The van der Waals surface area contributed by atoms with E-state index in [-0.39, 0.29) is 5.75 Å². The monoisotopic (exact) mass is 345 g/mol. The summed E-state index contributed by atoms with van der Waals surface area (Å²) in [5.41, 5.74) is 0. The van der Waals surface area contributed by atoms with Crippen LogP contribution in [0, 0.1) is 0 Å². The van der Waals surface area contributed by atoms with Crippen LogP contribution >= 0.6 is 0 Å². The Morgan fingerprint density at radius 3 is 1.91 bits per heavy atom. The number of halogens is 3. The lowest BCUT2D eigenvalue weighted by Crippen LogP contribution is -2.26. The second-order valence-electron chi connectivity index (χ2n) is 6.08. The molecule has 1 nitrogen and oxygen atoms in total. The van der Waals surface area contributed by atoms with Gasteiger partial charge in [0.15, 0.2) is 0 Å². The summed E-state index contributed by atoms with van der Waals surface area (Å²) in [4.78, 5) is 0. The van der Waals surface area contributed by atoms with Crippen molar-refractivity contribution in [3.8, 4) is 5.75 Å². The van der Waals surface area contributed by atoms with Crippen molar-refractivity contribution < 1.29 is 17.9 Å². The molecule has 0 amide bonds. The first-order valence-corrected chi connectivity index (χ1v) is 10.8. The van der Waals surface area contributed by atoms with Gasteiger partial charge in [-0.05, 0) is 12.1 Å². The second kappa shape index (κ2) is 10.7. The average molecular weight is 346 g/mol. The van der Waals surface area contributed by atoms with E-state index in [1.165, 1.54) is 74.7 Å². The van der Waals surface area contributed by atoms with Crippen LogP contribution in [0.25, 0.3) is 0 Å². The van der Waals surface area contributed by atoms with Gasteiger partial charge in [-0.15, -0.1) is 13.2 Å². The van der Waals surface area contributed by atoms with Gasteiger partial charge in [-0.3, -0.25) is 0 Å². The first-order chi connectivity index (χ1) is 10.9. The summed E-state index contributed by atoms with van der Waals surface area (Å²) in [6.45, 7) is 4.46. The van der Waals surface area contributed by atoms with Crippen LogP contribution in [0.4, 0.5) is 13.2 Å². The molecule has 0 bridgehead atoms. The first kappa shape index (κ1) is 20.1. The molecule has 1 radical (unpaired) electrons. The quantitative estimate of drug-likeness (QED) is 0.350. The zero-order valence-electron chi connectivity index (χ0n) is 14.2. The Hall–Kier alpha value is -0.973. The average Bonchev–Trinajstić information content (AvgIpc) is 2.49. The number of benzene rings is 1. The van der Waals surface area contributed by atoms with Crippen LogP contribution in [0.5, 0.6) is 5.75 Å². The number of rotatable bonds is 11. The Bertz CT molecular complexity index is 417. The van der Waals surface area contributed by atoms with Gasteiger partial charge in [0.1, 0.15) is 5.75 Å². The first-order valence-electron chi connectivity index (χ1n) is 8.61. The highest BCUT2D eigenvalue weighted by atomic mass is 28.3. The van der Waals surface area contributed by atoms with E-state index in [1.54, 1.807) is 12.1 Å². The van der Waals surface area contributed by atoms with Crippen LogP contribution in [0.1, 0.15) is 58.3 Å². The molecule has 1 aromatic carbocycles. The van der Waals surface area contributed by atoms with Crippen molar-refractivity contribution in [1.29, 1.82) is 0 Å². The van der Waals surface area contributed by atoms with Gasteiger partial charge in [-0.2, -0.15) is 0 Å². The van der Waals surface area contributed by atoms with Crippen molar-refractivity contribution in [2.75, 3.05) is 0 Å². The lowest BCUT2D eigenvalue weighted by molar-refractivity contribution is -0.274. The number of hydrogen-bond donors (Lipinski definition) is 0. The standard InChI is InChI=1S/C18H28F3OSi/c1-3-4-5-6-7-8-9-10-15-23(2)17-13-11-16(12-14-17)22-18(19,20)21/h11-14H,3-10,15H2,1-2H3. The lowest BCUT2D eigenvalue weighted by atomic mass is 10.1. The molecule has 0 unspecified atom stereocenters. The Morgan fingerprint density at radius 2 is 1.39 bits per heavy atom. The third kappa shape index (κ3) is 9.69. The van der Waals surface area contributed by atoms with Gasteiger partial charge < -0.3 is 4.74 Å². The van der Waals surface area contributed by atoms with E-state index in [0.717, 1.165) is 0 Å². The van der Waals surface area contributed by atoms with Crippen LogP contribution in [0.2, 0.25) is 12.6 Å². The van der Waals surface area contributed by atoms with E-state index in [1.807, 2.05) is 0 Å². The highest BCUT2D eigenvalue weighted by molar-refractivity contribution is 6.71. The Kier molecular flexibility index (Phi) is 9.37.